The van der Waals surface area contributed by atoms with Gasteiger partial charge in [-0.05, 0) is 37.8 Å². The van der Waals surface area contributed by atoms with Crippen LogP contribution in [0.15, 0.2) is 24.3 Å². The van der Waals surface area contributed by atoms with Crippen molar-refractivity contribution in [3.05, 3.63) is 29.8 Å². The molecule has 17 heavy (non-hydrogen) atoms. The van der Waals surface area contributed by atoms with E-state index in [-0.39, 0.29) is 11.9 Å². The number of benzene rings is 1. The first-order chi connectivity index (χ1) is 8.22. The first-order valence-electron chi connectivity index (χ1n) is 6.30. The van der Waals surface area contributed by atoms with Crippen molar-refractivity contribution in [3.8, 4) is 0 Å². The number of hydrogen-bond donors (Lipinski definition) is 2. The normalized spacial score (nSPS) is 17.1. The SMILES string of the molecule is CNc1ccccc1C(=O)NC(C)C1CCC1. The first-order valence-corrected chi connectivity index (χ1v) is 6.30. The summed E-state index contributed by atoms with van der Waals surface area (Å²) in [6, 6.07) is 7.88. The zero-order chi connectivity index (χ0) is 12.3. The summed E-state index contributed by atoms with van der Waals surface area (Å²) in [5.41, 5.74) is 1.60. The lowest BCUT2D eigenvalue weighted by Gasteiger charge is -2.32. The highest BCUT2D eigenvalue weighted by Crippen LogP contribution is 2.29. The van der Waals surface area contributed by atoms with E-state index in [1.165, 1.54) is 19.3 Å². The van der Waals surface area contributed by atoms with Gasteiger partial charge in [-0.15, -0.1) is 0 Å². The molecule has 1 aliphatic rings. The molecule has 2 rings (SSSR count). The van der Waals surface area contributed by atoms with Gasteiger partial charge in [0, 0.05) is 18.8 Å². The van der Waals surface area contributed by atoms with Gasteiger partial charge in [-0.2, -0.15) is 0 Å². The summed E-state index contributed by atoms with van der Waals surface area (Å²) >= 11 is 0. The average Bonchev–Trinajstić information content (AvgIpc) is 2.26. The molecule has 0 bridgehead atoms. The Morgan fingerprint density at radius 2 is 2.06 bits per heavy atom. The third-order valence-corrected chi connectivity index (χ3v) is 3.66. The predicted octanol–water partition coefficient (Wildman–Crippen LogP) is 2.65. The van der Waals surface area contributed by atoms with Gasteiger partial charge in [-0.1, -0.05) is 18.6 Å². The van der Waals surface area contributed by atoms with Crippen molar-refractivity contribution in [2.24, 2.45) is 5.92 Å². The molecule has 0 radical (unpaired) electrons. The number of amides is 1. The molecule has 3 heteroatoms. The van der Waals surface area contributed by atoms with Crippen molar-refractivity contribution >= 4 is 11.6 Å². The van der Waals surface area contributed by atoms with E-state index < -0.39 is 0 Å². The van der Waals surface area contributed by atoms with Crippen LogP contribution < -0.4 is 10.6 Å². The Bertz CT molecular complexity index is 399. The molecule has 1 aromatic carbocycles. The summed E-state index contributed by atoms with van der Waals surface area (Å²) in [6.45, 7) is 2.10. The number of hydrogen-bond acceptors (Lipinski definition) is 2. The van der Waals surface area contributed by atoms with Crippen LogP contribution >= 0.6 is 0 Å². The Morgan fingerprint density at radius 3 is 2.65 bits per heavy atom. The molecule has 0 aromatic heterocycles. The van der Waals surface area contributed by atoms with Crippen molar-refractivity contribution in [2.45, 2.75) is 32.2 Å². The Kier molecular flexibility index (Phi) is 3.67. The molecule has 1 aromatic rings. The minimum absolute atomic E-state index is 0.0225. The van der Waals surface area contributed by atoms with Crippen molar-refractivity contribution in [1.82, 2.24) is 5.32 Å². The fraction of sp³-hybridized carbons (Fsp3) is 0.500. The van der Waals surface area contributed by atoms with Crippen LogP contribution in [-0.2, 0) is 0 Å². The van der Waals surface area contributed by atoms with Gasteiger partial charge >= 0.3 is 0 Å². The highest BCUT2D eigenvalue weighted by atomic mass is 16.1. The van der Waals surface area contributed by atoms with E-state index in [0.717, 1.165) is 11.3 Å². The van der Waals surface area contributed by atoms with Crippen LogP contribution in [0.5, 0.6) is 0 Å². The van der Waals surface area contributed by atoms with E-state index in [4.69, 9.17) is 0 Å². The predicted molar refractivity (Wildman–Crippen MR) is 70.3 cm³/mol. The van der Waals surface area contributed by atoms with E-state index in [2.05, 4.69) is 17.6 Å². The van der Waals surface area contributed by atoms with Crippen LogP contribution in [0, 0.1) is 5.92 Å². The number of nitrogens with one attached hydrogen (secondary N) is 2. The molecule has 1 fully saturated rings. The molecule has 0 saturated heterocycles. The molecule has 0 spiro atoms. The molecule has 2 N–H and O–H groups in total. The second-order valence-corrected chi connectivity index (χ2v) is 4.75. The zero-order valence-corrected chi connectivity index (χ0v) is 10.5. The third-order valence-electron chi connectivity index (χ3n) is 3.66. The van der Waals surface area contributed by atoms with Crippen molar-refractivity contribution in [3.63, 3.8) is 0 Å². The molecule has 92 valence electrons. The number of carbonyl (C=O) groups is 1. The molecule has 1 amide bonds. The minimum atomic E-state index is 0.0225. The minimum Gasteiger partial charge on any atom is -0.387 e. The summed E-state index contributed by atoms with van der Waals surface area (Å²) in [4.78, 5) is 12.1. The maximum Gasteiger partial charge on any atom is 0.253 e. The quantitative estimate of drug-likeness (QED) is 0.838. The fourth-order valence-corrected chi connectivity index (χ4v) is 2.24. The molecule has 1 saturated carbocycles. The van der Waals surface area contributed by atoms with Gasteiger partial charge in [0.05, 0.1) is 5.56 Å². The standard InChI is InChI=1S/C14H20N2O/c1-10(11-6-5-7-11)16-14(17)12-8-3-4-9-13(12)15-2/h3-4,8-11,15H,5-7H2,1-2H3,(H,16,17). The Balaban J connectivity index is 2.03. The topological polar surface area (TPSA) is 41.1 Å². The zero-order valence-electron chi connectivity index (χ0n) is 10.5. The third kappa shape index (κ3) is 2.60. The second-order valence-electron chi connectivity index (χ2n) is 4.75. The van der Waals surface area contributed by atoms with Crippen LogP contribution in [0.25, 0.3) is 0 Å². The van der Waals surface area contributed by atoms with E-state index in [9.17, 15) is 4.79 Å². The van der Waals surface area contributed by atoms with E-state index >= 15 is 0 Å². The number of rotatable bonds is 4. The maximum absolute atomic E-state index is 12.1. The largest absolute Gasteiger partial charge is 0.387 e. The van der Waals surface area contributed by atoms with Crippen LogP contribution in [0.2, 0.25) is 0 Å². The second kappa shape index (κ2) is 5.21. The Hall–Kier alpha value is -1.51. The van der Waals surface area contributed by atoms with Crippen LogP contribution in [-0.4, -0.2) is 19.0 Å². The van der Waals surface area contributed by atoms with Crippen molar-refractivity contribution < 1.29 is 4.79 Å². The molecule has 1 atom stereocenters. The van der Waals surface area contributed by atoms with Gasteiger partial charge in [0.25, 0.3) is 5.91 Å². The van der Waals surface area contributed by atoms with E-state index in [0.29, 0.717) is 5.92 Å². The summed E-state index contributed by atoms with van der Waals surface area (Å²) in [6.07, 6.45) is 3.79. The lowest BCUT2D eigenvalue weighted by atomic mass is 9.80. The van der Waals surface area contributed by atoms with Gasteiger partial charge in [-0.25, -0.2) is 0 Å². The maximum atomic E-state index is 12.1. The molecule has 1 unspecified atom stereocenters. The van der Waals surface area contributed by atoms with Crippen LogP contribution in [0.4, 0.5) is 5.69 Å². The fourth-order valence-electron chi connectivity index (χ4n) is 2.24. The summed E-state index contributed by atoms with van der Waals surface area (Å²) in [7, 11) is 1.83. The number of anilines is 1. The summed E-state index contributed by atoms with van der Waals surface area (Å²) in [5, 5.41) is 6.14. The van der Waals surface area contributed by atoms with Crippen LogP contribution in [0.3, 0.4) is 0 Å². The molecule has 0 aliphatic heterocycles. The Labute approximate surface area is 103 Å². The summed E-state index contributed by atoms with van der Waals surface area (Å²) < 4.78 is 0. The Morgan fingerprint density at radius 1 is 1.35 bits per heavy atom. The van der Waals surface area contributed by atoms with Crippen molar-refractivity contribution in [1.29, 1.82) is 0 Å². The van der Waals surface area contributed by atoms with Crippen LogP contribution in [0.1, 0.15) is 36.5 Å². The monoisotopic (exact) mass is 232 g/mol. The first kappa shape index (κ1) is 12.0. The molecule has 0 heterocycles. The summed E-state index contributed by atoms with van der Waals surface area (Å²) in [5.74, 6) is 0.690. The number of carbonyl (C=O) groups excluding carboxylic acids is 1. The smallest absolute Gasteiger partial charge is 0.253 e. The van der Waals surface area contributed by atoms with Gasteiger partial charge in [0.1, 0.15) is 0 Å². The van der Waals surface area contributed by atoms with E-state index in [1.54, 1.807) is 0 Å². The molecular formula is C14H20N2O. The van der Waals surface area contributed by atoms with Gasteiger partial charge in [0.2, 0.25) is 0 Å². The number of para-hydroxylation sites is 1. The van der Waals surface area contributed by atoms with E-state index in [1.807, 2.05) is 31.3 Å². The lowest BCUT2D eigenvalue weighted by molar-refractivity contribution is 0.0910. The highest BCUT2D eigenvalue weighted by Gasteiger charge is 2.25. The lowest BCUT2D eigenvalue weighted by Crippen LogP contribution is -2.40. The molecular weight excluding hydrogens is 212 g/mol. The van der Waals surface area contributed by atoms with Crippen molar-refractivity contribution in [2.75, 3.05) is 12.4 Å². The van der Waals surface area contributed by atoms with Gasteiger partial charge in [0.15, 0.2) is 0 Å². The van der Waals surface area contributed by atoms with Gasteiger partial charge in [-0.3, -0.25) is 4.79 Å². The van der Waals surface area contributed by atoms with Gasteiger partial charge < -0.3 is 10.6 Å². The highest BCUT2D eigenvalue weighted by molar-refractivity contribution is 5.99. The average molecular weight is 232 g/mol. The molecule has 1 aliphatic carbocycles. The molecule has 3 nitrogen and oxygen atoms in total.